The van der Waals surface area contributed by atoms with Crippen LogP contribution in [-0.2, 0) is 17.8 Å². The van der Waals surface area contributed by atoms with Crippen molar-refractivity contribution < 1.29 is 14.1 Å². The Balaban J connectivity index is 1.74. The van der Waals surface area contributed by atoms with E-state index in [1.165, 1.54) is 11.6 Å². The van der Waals surface area contributed by atoms with Gasteiger partial charge in [-0.3, -0.25) is 4.79 Å². The first kappa shape index (κ1) is 16.9. The van der Waals surface area contributed by atoms with E-state index in [1.807, 2.05) is 37.1 Å². The zero-order chi connectivity index (χ0) is 17.3. The molecule has 0 spiro atoms. The van der Waals surface area contributed by atoms with Crippen LogP contribution < -0.4 is 9.80 Å². The minimum absolute atomic E-state index is 0.0601. The number of rotatable bonds is 4. The highest BCUT2D eigenvalue weighted by molar-refractivity contribution is 6.31. The average molecular weight is 348 g/mol. The minimum Gasteiger partial charge on any atom is -0.323 e. The van der Waals surface area contributed by atoms with Crippen molar-refractivity contribution in [2.45, 2.75) is 25.9 Å². The summed E-state index contributed by atoms with van der Waals surface area (Å²) < 4.78 is 14.0. The smallest absolute Gasteiger partial charge is 0.284 e. The summed E-state index contributed by atoms with van der Waals surface area (Å²) in [5.41, 5.74) is 2.65. The Labute approximate surface area is 146 Å². The fourth-order valence-corrected chi connectivity index (χ4v) is 3.37. The van der Waals surface area contributed by atoms with Crippen molar-refractivity contribution >= 4 is 23.2 Å². The fourth-order valence-electron chi connectivity index (χ4n) is 3.14. The van der Waals surface area contributed by atoms with E-state index in [1.54, 1.807) is 12.1 Å². The van der Waals surface area contributed by atoms with Gasteiger partial charge < -0.3 is 9.80 Å². The number of anilines is 1. The predicted octanol–water partition coefficient (Wildman–Crippen LogP) is 2.47. The number of nitrogens with zero attached hydrogens (tertiary/aromatic N) is 1. The van der Waals surface area contributed by atoms with Crippen LogP contribution in [0.5, 0.6) is 0 Å². The monoisotopic (exact) mass is 347 g/mol. The Morgan fingerprint density at radius 1 is 1.29 bits per heavy atom. The van der Waals surface area contributed by atoms with Gasteiger partial charge in [0.2, 0.25) is 0 Å². The Hall–Kier alpha value is -1.91. The zero-order valence-electron chi connectivity index (χ0n) is 13.9. The van der Waals surface area contributed by atoms with Gasteiger partial charge in [0, 0.05) is 12.2 Å². The Morgan fingerprint density at radius 2 is 2.04 bits per heavy atom. The first-order valence-electron chi connectivity index (χ1n) is 8.13. The number of para-hydroxylation sites is 1. The Kier molecular flexibility index (Phi) is 4.88. The maximum Gasteiger partial charge on any atom is 0.284 e. The zero-order valence-corrected chi connectivity index (χ0v) is 14.6. The van der Waals surface area contributed by atoms with Gasteiger partial charge in [0.15, 0.2) is 6.04 Å². The molecule has 5 heteroatoms. The molecule has 126 valence electrons. The van der Waals surface area contributed by atoms with E-state index in [2.05, 4.69) is 6.07 Å². The van der Waals surface area contributed by atoms with Crippen LogP contribution in [0.3, 0.4) is 0 Å². The van der Waals surface area contributed by atoms with E-state index in [9.17, 15) is 9.18 Å². The van der Waals surface area contributed by atoms with Crippen LogP contribution in [0.4, 0.5) is 10.1 Å². The molecule has 2 aromatic carbocycles. The molecule has 24 heavy (non-hydrogen) atoms. The third-order valence-electron chi connectivity index (χ3n) is 4.78. The second kappa shape index (κ2) is 6.91. The summed E-state index contributed by atoms with van der Waals surface area (Å²) in [6, 6.07) is 12.4. The van der Waals surface area contributed by atoms with Gasteiger partial charge in [0.05, 0.1) is 17.6 Å². The lowest BCUT2D eigenvalue weighted by molar-refractivity contribution is -0.908. The summed E-state index contributed by atoms with van der Waals surface area (Å²) in [5, 5.41) is 0.403. The average Bonchev–Trinajstić information content (AvgIpc) is 3.01. The summed E-state index contributed by atoms with van der Waals surface area (Å²) in [4.78, 5) is 15.6. The van der Waals surface area contributed by atoms with Gasteiger partial charge in [-0.25, -0.2) is 4.39 Å². The Morgan fingerprint density at radius 3 is 2.79 bits per heavy atom. The molecular formula is C19H21ClFN2O+. The number of hydrogen-bond acceptors (Lipinski definition) is 1. The third kappa shape index (κ3) is 3.17. The predicted molar refractivity (Wildman–Crippen MR) is 94.0 cm³/mol. The normalized spacial score (nSPS) is 15.9. The summed E-state index contributed by atoms with van der Waals surface area (Å²) >= 11 is 6.10. The highest BCUT2D eigenvalue weighted by atomic mass is 35.5. The van der Waals surface area contributed by atoms with Crippen LogP contribution in [0.2, 0.25) is 5.02 Å². The van der Waals surface area contributed by atoms with Gasteiger partial charge in [-0.15, -0.1) is 0 Å². The number of fused-ring (bicyclic) bond motifs is 1. The van der Waals surface area contributed by atoms with Crippen molar-refractivity contribution in [3.8, 4) is 0 Å². The number of quaternary nitrogens is 1. The van der Waals surface area contributed by atoms with E-state index in [0.29, 0.717) is 23.7 Å². The number of hydrogen-bond donors (Lipinski definition) is 1. The number of carbonyl (C=O) groups excluding carboxylic acids is 1. The van der Waals surface area contributed by atoms with Gasteiger partial charge in [-0.05, 0) is 37.1 Å². The molecule has 3 nitrogen and oxygen atoms in total. The van der Waals surface area contributed by atoms with E-state index in [-0.39, 0.29) is 17.8 Å². The highest BCUT2D eigenvalue weighted by Gasteiger charge is 2.32. The quantitative estimate of drug-likeness (QED) is 0.903. The first-order chi connectivity index (χ1) is 11.5. The van der Waals surface area contributed by atoms with E-state index in [4.69, 9.17) is 11.6 Å². The number of halogens is 2. The van der Waals surface area contributed by atoms with Crippen LogP contribution in [0.1, 0.15) is 18.1 Å². The molecule has 0 fully saturated rings. The van der Waals surface area contributed by atoms with E-state index < -0.39 is 0 Å². The SMILES string of the molecule is C[C@@H](C(=O)N1CCc2ccccc21)[NH+](C)Cc1c(F)cccc1Cl. The molecule has 0 saturated heterocycles. The maximum atomic E-state index is 14.0. The molecule has 1 N–H and O–H groups in total. The van der Waals surface area contributed by atoms with Crippen LogP contribution in [0, 0.1) is 5.82 Å². The van der Waals surface area contributed by atoms with Crippen molar-refractivity contribution in [3.05, 3.63) is 64.4 Å². The summed E-state index contributed by atoms with van der Waals surface area (Å²) in [7, 11) is 1.90. The fraction of sp³-hybridized carbons (Fsp3) is 0.316. The molecular weight excluding hydrogens is 327 g/mol. The lowest BCUT2D eigenvalue weighted by atomic mass is 10.1. The lowest BCUT2D eigenvalue weighted by Crippen LogP contribution is -3.12. The maximum absolute atomic E-state index is 14.0. The van der Waals surface area contributed by atoms with Crippen molar-refractivity contribution in [3.63, 3.8) is 0 Å². The summed E-state index contributed by atoms with van der Waals surface area (Å²) in [6.45, 7) is 2.96. The molecule has 0 radical (unpaired) electrons. The van der Waals surface area contributed by atoms with Crippen LogP contribution >= 0.6 is 11.6 Å². The number of nitrogens with one attached hydrogen (secondary N) is 1. The lowest BCUT2D eigenvalue weighted by Gasteiger charge is -2.26. The molecule has 1 unspecified atom stereocenters. The molecule has 1 amide bonds. The number of amides is 1. The molecule has 2 atom stereocenters. The number of carbonyl (C=O) groups is 1. The van der Waals surface area contributed by atoms with Crippen molar-refractivity contribution in [1.82, 2.24) is 0 Å². The Bertz CT molecular complexity index is 745. The second-order valence-corrected chi connectivity index (χ2v) is 6.72. The standard InChI is InChI=1S/C19H20ClFN2O/c1-13(22(2)12-15-16(20)7-5-8-17(15)21)19(24)23-11-10-14-6-3-4-9-18(14)23/h3-9,13H,10-12H2,1-2H3/p+1/t13-/m0/s1. The van der Waals surface area contributed by atoms with E-state index >= 15 is 0 Å². The third-order valence-corrected chi connectivity index (χ3v) is 5.13. The van der Waals surface area contributed by atoms with Crippen molar-refractivity contribution in [1.29, 1.82) is 0 Å². The van der Waals surface area contributed by atoms with Crippen LogP contribution in [-0.4, -0.2) is 25.5 Å². The largest absolute Gasteiger partial charge is 0.323 e. The summed E-state index contributed by atoms with van der Waals surface area (Å²) in [6.07, 6.45) is 0.882. The van der Waals surface area contributed by atoms with Crippen molar-refractivity contribution in [2.24, 2.45) is 0 Å². The van der Waals surface area contributed by atoms with Gasteiger partial charge in [0.1, 0.15) is 12.4 Å². The molecule has 1 heterocycles. The van der Waals surface area contributed by atoms with Gasteiger partial charge in [-0.2, -0.15) is 0 Å². The summed E-state index contributed by atoms with van der Waals surface area (Å²) in [5.74, 6) is -0.266. The van der Waals surface area contributed by atoms with Gasteiger partial charge in [0.25, 0.3) is 5.91 Å². The minimum atomic E-state index is -0.326. The molecule has 1 aliphatic heterocycles. The molecule has 1 aliphatic rings. The molecule has 0 aromatic heterocycles. The van der Waals surface area contributed by atoms with E-state index in [0.717, 1.165) is 17.0 Å². The molecule has 0 aliphatic carbocycles. The van der Waals surface area contributed by atoms with Gasteiger partial charge in [-0.1, -0.05) is 35.9 Å². The van der Waals surface area contributed by atoms with Crippen LogP contribution in [0.15, 0.2) is 42.5 Å². The molecule has 2 aromatic rings. The molecule has 3 rings (SSSR count). The van der Waals surface area contributed by atoms with Crippen molar-refractivity contribution in [2.75, 3.05) is 18.5 Å². The highest BCUT2D eigenvalue weighted by Crippen LogP contribution is 2.27. The second-order valence-electron chi connectivity index (χ2n) is 6.31. The van der Waals surface area contributed by atoms with Crippen LogP contribution in [0.25, 0.3) is 0 Å². The number of likely N-dealkylation sites (N-methyl/N-ethyl adjacent to an activating group) is 1. The first-order valence-corrected chi connectivity index (χ1v) is 8.51. The van der Waals surface area contributed by atoms with Gasteiger partial charge >= 0.3 is 0 Å². The molecule has 0 bridgehead atoms. The number of benzene rings is 2. The topological polar surface area (TPSA) is 24.8 Å². The molecule has 0 saturated carbocycles.